The van der Waals surface area contributed by atoms with E-state index >= 15 is 0 Å². The van der Waals surface area contributed by atoms with E-state index < -0.39 is 0 Å². The average molecular weight is 112 g/mol. The predicted octanol–water partition coefficient (Wildman–Crippen LogP) is -3.88. The van der Waals surface area contributed by atoms with E-state index in [4.69, 9.17) is 5.11 Å². The second-order valence-corrected chi connectivity index (χ2v) is 1.13. The van der Waals surface area contributed by atoms with Crippen LogP contribution in [-0.4, -0.2) is 18.3 Å². The van der Waals surface area contributed by atoms with Crippen molar-refractivity contribution in [3.05, 3.63) is 0 Å². The summed E-state index contributed by atoms with van der Waals surface area (Å²) in [5.41, 5.74) is 0. The van der Waals surface area contributed by atoms with Gasteiger partial charge >= 0.3 is 29.6 Å². The molecule has 3 heteroatoms. The van der Waals surface area contributed by atoms with Gasteiger partial charge in [0.15, 0.2) is 0 Å². The summed E-state index contributed by atoms with van der Waals surface area (Å²) >= 11 is 0. The third-order valence-corrected chi connectivity index (χ3v) is 0.552. The van der Waals surface area contributed by atoms with Crippen molar-refractivity contribution in [3.63, 3.8) is 0 Å². The molecule has 0 aliphatic heterocycles. The maximum Gasteiger partial charge on any atom is 1.00 e. The van der Waals surface area contributed by atoms with Gasteiger partial charge in [-0.3, -0.25) is 0 Å². The van der Waals surface area contributed by atoms with Gasteiger partial charge in [-0.05, 0) is 6.42 Å². The van der Waals surface area contributed by atoms with Crippen molar-refractivity contribution in [1.29, 1.82) is 0 Å². The molecular formula is C4H9NaO2. The molecule has 0 aromatic carbocycles. The normalized spacial score (nSPS) is 7.71. The SMILES string of the molecule is [Na+].[O-]CCCCO. The van der Waals surface area contributed by atoms with Crippen LogP contribution < -0.4 is 34.7 Å². The Bertz CT molecular complexity index is 21.7. The van der Waals surface area contributed by atoms with Gasteiger partial charge in [0.1, 0.15) is 0 Å². The van der Waals surface area contributed by atoms with Gasteiger partial charge in [-0.2, -0.15) is 0 Å². The minimum Gasteiger partial charge on any atom is -0.854 e. The number of aliphatic hydroxyl groups excluding tert-OH is 1. The molecule has 0 rings (SSSR count). The number of aliphatic hydroxyl groups is 1. The molecule has 0 bridgehead atoms. The van der Waals surface area contributed by atoms with Crippen molar-refractivity contribution in [3.8, 4) is 0 Å². The van der Waals surface area contributed by atoms with Crippen molar-refractivity contribution in [2.75, 3.05) is 13.2 Å². The van der Waals surface area contributed by atoms with Crippen molar-refractivity contribution < 1.29 is 39.8 Å². The Balaban J connectivity index is 0. The molecular weight excluding hydrogens is 103 g/mol. The van der Waals surface area contributed by atoms with Crippen molar-refractivity contribution in [2.45, 2.75) is 12.8 Å². The molecule has 0 aromatic rings. The fraction of sp³-hybridized carbons (Fsp3) is 1.00. The molecule has 0 heterocycles. The minimum atomic E-state index is -0.0550. The van der Waals surface area contributed by atoms with E-state index in [0.29, 0.717) is 12.8 Å². The Morgan fingerprint density at radius 2 is 1.86 bits per heavy atom. The van der Waals surface area contributed by atoms with Gasteiger partial charge in [0.25, 0.3) is 0 Å². The molecule has 7 heavy (non-hydrogen) atoms. The minimum absolute atomic E-state index is 0. The molecule has 0 aliphatic rings. The Morgan fingerprint density at radius 3 is 2.00 bits per heavy atom. The smallest absolute Gasteiger partial charge is 0.854 e. The van der Waals surface area contributed by atoms with Crippen LogP contribution in [0.4, 0.5) is 0 Å². The Labute approximate surface area is 65.8 Å². The second kappa shape index (κ2) is 10.0. The van der Waals surface area contributed by atoms with E-state index in [9.17, 15) is 5.11 Å². The summed E-state index contributed by atoms with van der Waals surface area (Å²) in [6, 6.07) is 0. The van der Waals surface area contributed by atoms with Crippen molar-refractivity contribution >= 4 is 0 Å². The number of hydrogen-bond donors (Lipinski definition) is 1. The first-order valence-electron chi connectivity index (χ1n) is 2.10. The van der Waals surface area contributed by atoms with Crippen LogP contribution in [0.25, 0.3) is 0 Å². The summed E-state index contributed by atoms with van der Waals surface area (Å²) in [6.07, 6.45) is 1.26. The molecule has 0 amide bonds. The number of hydrogen-bond acceptors (Lipinski definition) is 2. The van der Waals surface area contributed by atoms with Crippen LogP contribution >= 0.6 is 0 Å². The summed E-state index contributed by atoms with van der Waals surface area (Å²) in [6.45, 7) is 0.100. The van der Waals surface area contributed by atoms with Crippen LogP contribution in [0.1, 0.15) is 12.8 Å². The average Bonchev–Trinajstić information content (AvgIpc) is 1.61. The maximum atomic E-state index is 9.58. The molecule has 2 nitrogen and oxygen atoms in total. The topological polar surface area (TPSA) is 43.3 Å². The van der Waals surface area contributed by atoms with E-state index in [-0.39, 0.29) is 42.8 Å². The summed E-state index contributed by atoms with van der Waals surface area (Å²) in [7, 11) is 0. The fourth-order valence-corrected chi connectivity index (χ4v) is 0.214. The second-order valence-electron chi connectivity index (χ2n) is 1.13. The van der Waals surface area contributed by atoms with E-state index in [1.54, 1.807) is 0 Å². The fourth-order valence-electron chi connectivity index (χ4n) is 0.214. The molecule has 0 radical (unpaired) electrons. The van der Waals surface area contributed by atoms with Crippen LogP contribution in [0, 0.1) is 0 Å². The molecule has 0 spiro atoms. The van der Waals surface area contributed by atoms with E-state index in [0.717, 1.165) is 0 Å². The zero-order chi connectivity index (χ0) is 4.83. The molecule has 0 aromatic heterocycles. The molecule has 0 atom stereocenters. The van der Waals surface area contributed by atoms with Crippen LogP contribution in [0.5, 0.6) is 0 Å². The molecule has 38 valence electrons. The van der Waals surface area contributed by atoms with Gasteiger partial charge in [-0.15, -0.1) is 6.61 Å². The standard InChI is InChI=1S/C4H9O2.Na/c5-3-1-2-4-6;/h5H,1-4H2;/q-1;+1. The Morgan fingerprint density at radius 1 is 1.29 bits per heavy atom. The van der Waals surface area contributed by atoms with Gasteiger partial charge in [0.05, 0.1) is 0 Å². The summed E-state index contributed by atoms with van der Waals surface area (Å²) < 4.78 is 0. The monoisotopic (exact) mass is 112 g/mol. The first-order chi connectivity index (χ1) is 2.91. The molecule has 0 saturated heterocycles. The number of rotatable bonds is 3. The van der Waals surface area contributed by atoms with E-state index in [1.165, 1.54) is 0 Å². The van der Waals surface area contributed by atoms with Crippen LogP contribution in [0.3, 0.4) is 0 Å². The van der Waals surface area contributed by atoms with Crippen LogP contribution in [-0.2, 0) is 0 Å². The molecule has 0 saturated carbocycles. The zero-order valence-corrected chi connectivity index (χ0v) is 6.68. The largest absolute Gasteiger partial charge is 1.00 e. The van der Waals surface area contributed by atoms with E-state index in [1.807, 2.05) is 0 Å². The van der Waals surface area contributed by atoms with Crippen molar-refractivity contribution in [1.82, 2.24) is 0 Å². The summed E-state index contributed by atoms with van der Waals surface area (Å²) in [5, 5.41) is 17.6. The van der Waals surface area contributed by atoms with E-state index in [2.05, 4.69) is 0 Å². The van der Waals surface area contributed by atoms with Gasteiger partial charge in [0.2, 0.25) is 0 Å². The molecule has 0 unspecified atom stereocenters. The zero-order valence-electron chi connectivity index (χ0n) is 4.68. The Kier molecular flexibility index (Phi) is 15.5. The van der Waals surface area contributed by atoms with Gasteiger partial charge in [0, 0.05) is 6.61 Å². The van der Waals surface area contributed by atoms with Crippen LogP contribution in [0.15, 0.2) is 0 Å². The predicted molar refractivity (Wildman–Crippen MR) is 21.2 cm³/mol. The molecule has 0 fully saturated rings. The molecule has 1 N–H and O–H groups in total. The first kappa shape index (κ1) is 10.8. The number of unbranched alkanes of at least 4 members (excludes halogenated alkanes) is 1. The summed E-state index contributed by atoms with van der Waals surface area (Å²) in [5.74, 6) is 0. The third-order valence-electron chi connectivity index (χ3n) is 0.552. The third kappa shape index (κ3) is 10.9. The Hall–Kier alpha value is 0.920. The van der Waals surface area contributed by atoms with Crippen LogP contribution in [0.2, 0.25) is 0 Å². The quantitative estimate of drug-likeness (QED) is 0.300. The molecule has 0 aliphatic carbocycles. The summed E-state index contributed by atoms with van der Waals surface area (Å²) in [4.78, 5) is 0. The maximum absolute atomic E-state index is 9.58. The van der Waals surface area contributed by atoms with Gasteiger partial charge in [-0.25, -0.2) is 0 Å². The van der Waals surface area contributed by atoms with Gasteiger partial charge < -0.3 is 10.2 Å². The van der Waals surface area contributed by atoms with Crippen molar-refractivity contribution in [2.24, 2.45) is 0 Å². The van der Waals surface area contributed by atoms with Gasteiger partial charge in [-0.1, -0.05) is 6.42 Å². The first-order valence-corrected chi connectivity index (χ1v) is 2.10.